The van der Waals surface area contributed by atoms with E-state index < -0.39 is 0 Å². The molecule has 0 N–H and O–H groups in total. The third-order valence-electron chi connectivity index (χ3n) is 7.28. The Morgan fingerprint density at radius 2 is 0.750 bits per heavy atom. The molecular weight excluding hydrogens is 384 g/mol. The molecule has 1 unspecified atom stereocenters. The second-order valence-corrected chi connectivity index (χ2v) is 9.48. The average molecular weight is 419 g/mol. The zero-order valence-electron chi connectivity index (χ0n) is 19.6. The van der Waals surface area contributed by atoms with Crippen molar-refractivity contribution in [1.29, 1.82) is 0 Å². The summed E-state index contributed by atoms with van der Waals surface area (Å²) < 4.78 is 0. The van der Waals surface area contributed by atoms with Gasteiger partial charge in [-0.05, 0) is 42.0 Å². The summed E-state index contributed by atoms with van der Waals surface area (Å²) in [7, 11) is 0. The third-order valence-corrected chi connectivity index (χ3v) is 7.28. The van der Waals surface area contributed by atoms with Crippen LogP contribution in [0.15, 0.2) is 115 Å². The maximum atomic E-state index is 2.41. The molecule has 0 aliphatic carbocycles. The van der Waals surface area contributed by atoms with Crippen LogP contribution < -0.4 is 0 Å². The minimum Gasteiger partial charge on any atom is -0.0622 e. The van der Waals surface area contributed by atoms with Crippen LogP contribution in [0.5, 0.6) is 0 Å². The molecule has 0 bridgehead atoms. The topological polar surface area (TPSA) is 0 Å². The smallest absolute Gasteiger partial charge is 0.0174 e. The molecule has 0 amide bonds. The van der Waals surface area contributed by atoms with Crippen molar-refractivity contribution < 1.29 is 0 Å². The van der Waals surface area contributed by atoms with Gasteiger partial charge in [-0.1, -0.05) is 141 Å². The van der Waals surface area contributed by atoms with Crippen LogP contribution in [-0.4, -0.2) is 0 Å². The van der Waals surface area contributed by atoms with Crippen LogP contribution >= 0.6 is 0 Å². The van der Waals surface area contributed by atoms with Gasteiger partial charge in [0.15, 0.2) is 0 Å². The van der Waals surface area contributed by atoms with E-state index >= 15 is 0 Å². The molecule has 32 heavy (non-hydrogen) atoms. The zero-order valence-corrected chi connectivity index (χ0v) is 19.6. The molecule has 4 aromatic rings. The largest absolute Gasteiger partial charge is 0.0622 e. The van der Waals surface area contributed by atoms with Gasteiger partial charge < -0.3 is 0 Å². The van der Waals surface area contributed by atoms with Crippen molar-refractivity contribution in [2.45, 2.75) is 50.9 Å². The number of rotatable bonds is 8. The fourth-order valence-corrected chi connectivity index (χ4v) is 5.05. The van der Waals surface area contributed by atoms with Crippen molar-refractivity contribution in [1.82, 2.24) is 0 Å². The van der Waals surface area contributed by atoms with E-state index in [-0.39, 0.29) is 10.8 Å². The van der Waals surface area contributed by atoms with Crippen LogP contribution in [0.1, 0.15) is 60.9 Å². The molecule has 0 aliphatic heterocycles. The lowest BCUT2D eigenvalue weighted by molar-refractivity contribution is 0.426. The highest BCUT2D eigenvalue weighted by Crippen LogP contribution is 2.41. The molecule has 0 fully saturated rings. The Hall–Kier alpha value is -3.12. The summed E-state index contributed by atoms with van der Waals surface area (Å²) in [4.78, 5) is 0. The Morgan fingerprint density at radius 3 is 1.09 bits per heavy atom. The molecular formula is C32H34. The van der Waals surface area contributed by atoms with Crippen LogP contribution in [0.25, 0.3) is 0 Å². The van der Waals surface area contributed by atoms with Crippen molar-refractivity contribution in [2.24, 2.45) is 0 Å². The maximum absolute atomic E-state index is 2.41. The molecule has 0 spiro atoms. The van der Waals surface area contributed by atoms with Crippen molar-refractivity contribution in [3.63, 3.8) is 0 Å². The maximum Gasteiger partial charge on any atom is 0.0174 e. The number of hydrogen-bond donors (Lipinski definition) is 0. The summed E-state index contributed by atoms with van der Waals surface area (Å²) in [5.74, 6) is 0. The summed E-state index contributed by atoms with van der Waals surface area (Å²) in [6, 6.07) is 42.1. The van der Waals surface area contributed by atoms with Gasteiger partial charge in [-0.2, -0.15) is 0 Å². The molecule has 162 valence electrons. The van der Waals surface area contributed by atoms with Crippen LogP contribution in [0.2, 0.25) is 0 Å². The summed E-state index contributed by atoms with van der Waals surface area (Å²) in [6.07, 6.45) is 3.35. The minimum absolute atomic E-state index is 0.00655. The highest BCUT2D eigenvalue weighted by molar-refractivity contribution is 5.41. The van der Waals surface area contributed by atoms with Gasteiger partial charge in [-0.15, -0.1) is 0 Å². The Morgan fingerprint density at radius 1 is 0.438 bits per heavy atom. The van der Waals surface area contributed by atoms with Crippen molar-refractivity contribution in [3.05, 3.63) is 143 Å². The lowest BCUT2D eigenvalue weighted by atomic mass is 9.68. The van der Waals surface area contributed by atoms with Gasteiger partial charge >= 0.3 is 0 Å². The molecule has 0 heteroatoms. The second-order valence-electron chi connectivity index (χ2n) is 9.48. The molecule has 0 aromatic heterocycles. The van der Waals surface area contributed by atoms with E-state index in [0.29, 0.717) is 0 Å². The predicted octanol–water partition coefficient (Wildman–Crippen LogP) is 8.48. The van der Waals surface area contributed by atoms with E-state index in [1.807, 2.05) is 0 Å². The summed E-state index contributed by atoms with van der Waals surface area (Å²) in [5.41, 5.74) is 6.87. The first-order valence-corrected chi connectivity index (χ1v) is 11.8. The van der Waals surface area contributed by atoms with E-state index in [1.54, 1.807) is 0 Å². The first kappa shape index (κ1) is 22.1. The monoisotopic (exact) mass is 418 g/mol. The van der Waals surface area contributed by atoms with E-state index in [4.69, 9.17) is 0 Å². The molecule has 4 rings (SSSR count). The predicted molar refractivity (Wildman–Crippen MR) is 137 cm³/mol. The molecule has 4 aromatic carbocycles. The van der Waals surface area contributed by atoms with Crippen molar-refractivity contribution in [2.75, 3.05) is 0 Å². The Bertz CT molecular complexity index is 1060. The highest BCUT2D eigenvalue weighted by Gasteiger charge is 2.32. The van der Waals surface area contributed by atoms with E-state index in [2.05, 4.69) is 136 Å². The molecule has 0 aliphatic rings. The molecule has 0 nitrogen and oxygen atoms in total. The summed E-state index contributed by atoms with van der Waals surface area (Å²) >= 11 is 0. The minimum atomic E-state index is -0.0107. The quantitative estimate of drug-likeness (QED) is 0.269. The van der Waals surface area contributed by atoms with Gasteiger partial charge in [0, 0.05) is 10.8 Å². The molecule has 1 atom stereocenters. The van der Waals surface area contributed by atoms with Gasteiger partial charge in [0.05, 0.1) is 0 Å². The highest BCUT2D eigenvalue weighted by atomic mass is 14.4. The van der Waals surface area contributed by atoms with Crippen LogP contribution in [0.3, 0.4) is 0 Å². The fourth-order valence-electron chi connectivity index (χ4n) is 5.05. The number of benzene rings is 4. The van der Waals surface area contributed by atoms with Gasteiger partial charge in [0.2, 0.25) is 0 Å². The lowest BCUT2D eigenvalue weighted by Gasteiger charge is -2.35. The molecule has 0 heterocycles. The summed E-state index contributed by atoms with van der Waals surface area (Å²) in [5, 5.41) is 0. The second kappa shape index (κ2) is 9.57. The summed E-state index contributed by atoms with van der Waals surface area (Å²) in [6.45, 7) is 6.98. The van der Waals surface area contributed by atoms with Gasteiger partial charge in [-0.3, -0.25) is 0 Å². The Kier molecular flexibility index (Phi) is 6.61. The Labute approximate surface area is 194 Å². The normalized spacial score (nSPS) is 13.5. The standard InChI is InChI=1S/C32H34/c1-26-20-22-30(23-21-26)32(3,29-18-11-6-12-19-29)25-13-24-31(2,27-14-7-4-8-15-27)28-16-9-5-10-17-28/h4-12,14-23H,13,24-25H2,1-3H3. The molecule has 0 saturated heterocycles. The van der Waals surface area contributed by atoms with Crippen molar-refractivity contribution >= 4 is 0 Å². The average Bonchev–Trinajstić information content (AvgIpc) is 2.86. The van der Waals surface area contributed by atoms with Crippen molar-refractivity contribution in [3.8, 4) is 0 Å². The lowest BCUT2D eigenvalue weighted by Crippen LogP contribution is -2.27. The first-order chi connectivity index (χ1) is 15.5. The van der Waals surface area contributed by atoms with E-state index in [0.717, 1.165) is 19.3 Å². The van der Waals surface area contributed by atoms with Gasteiger partial charge in [0.1, 0.15) is 0 Å². The molecule has 0 radical (unpaired) electrons. The zero-order chi connectivity index (χ0) is 22.4. The third kappa shape index (κ3) is 4.55. The van der Waals surface area contributed by atoms with Gasteiger partial charge in [0.25, 0.3) is 0 Å². The fraction of sp³-hybridized carbons (Fsp3) is 0.250. The SMILES string of the molecule is Cc1ccc(C(C)(CCCC(C)(c2ccccc2)c2ccccc2)c2ccccc2)cc1. The molecule has 0 saturated carbocycles. The van der Waals surface area contributed by atoms with E-state index in [1.165, 1.54) is 27.8 Å². The first-order valence-electron chi connectivity index (χ1n) is 11.8. The van der Waals surface area contributed by atoms with Crippen LogP contribution in [0.4, 0.5) is 0 Å². The van der Waals surface area contributed by atoms with Crippen LogP contribution in [0, 0.1) is 6.92 Å². The number of hydrogen-bond acceptors (Lipinski definition) is 0. The van der Waals surface area contributed by atoms with Crippen LogP contribution in [-0.2, 0) is 10.8 Å². The Balaban J connectivity index is 1.64. The van der Waals surface area contributed by atoms with Gasteiger partial charge in [-0.25, -0.2) is 0 Å². The number of aryl methyl sites for hydroxylation is 1. The van der Waals surface area contributed by atoms with E-state index in [9.17, 15) is 0 Å².